The van der Waals surface area contributed by atoms with Gasteiger partial charge in [-0.3, -0.25) is 4.90 Å². The highest BCUT2D eigenvalue weighted by Gasteiger charge is 2.25. The minimum absolute atomic E-state index is 0.342. The van der Waals surface area contributed by atoms with E-state index in [9.17, 15) is 0 Å². The second-order valence-corrected chi connectivity index (χ2v) is 4.87. The maximum Gasteiger partial charge on any atom is 0.0471 e. The predicted octanol–water partition coefficient (Wildman–Crippen LogP) is 1.93. The third-order valence-corrected chi connectivity index (χ3v) is 3.57. The second kappa shape index (κ2) is 5.46. The van der Waals surface area contributed by atoms with Crippen LogP contribution in [0, 0.1) is 5.92 Å². The first kappa shape index (κ1) is 11.6. The Labute approximate surface area is 97.9 Å². The first-order valence-corrected chi connectivity index (χ1v) is 6.18. The Kier molecular flexibility index (Phi) is 3.97. The Bertz CT molecular complexity index is 312. The Morgan fingerprint density at radius 1 is 1.38 bits per heavy atom. The molecule has 1 heterocycles. The zero-order valence-electron chi connectivity index (χ0n) is 9.97. The number of hydrogen-bond acceptors (Lipinski definition) is 2. The molecule has 1 aliphatic rings. The van der Waals surface area contributed by atoms with E-state index in [1.54, 1.807) is 0 Å². The van der Waals surface area contributed by atoms with E-state index in [0.717, 1.165) is 25.9 Å². The lowest BCUT2D eigenvalue weighted by molar-refractivity contribution is 0.203. The molecule has 2 rings (SSSR count). The Balaban J connectivity index is 1.87. The lowest BCUT2D eigenvalue weighted by atomic mass is 10.1. The van der Waals surface area contributed by atoms with Crippen LogP contribution in [-0.2, 0) is 6.42 Å². The van der Waals surface area contributed by atoms with E-state index >= 15 is 0 Å². The van der Waals surface area contributed by atoms with Gasteiger partial charge >= 0.3 is 0 Å². The number of aliphatic hydroxyl groups excluding tert-OH is 1. The Hall–Kier alpha value is -0.860. The average molecular weight is 219 g/mol. The number of rotatable bonds is 4. The lowest BCUT2D eigenvalue weighted by Crippen LogP contribution is -2.32. The molecule has 2 unspecified atom stereocenters. The molecule has 0 saturated carbocycles. The van der Waals surface area contributed by atoms with E-state index in [1.807, 2.05) is 0 Å². The van der Waals surface area contributed by atoms with Crippen molar-refractivity contribution in [3.05, 3.63) is 35.9 Å². The molecule has 0 aliphatic carbocycles. The van der Waals surface area contributed by atoms with Gasteiger partial charge in [-0.05, 0) is 37.8 Å². The van der Waals surface area contributed by atoms with Gasteiger partial charge in [0, 0.05) is 19.2 Å². The molecule has 88 valence electrons. The number of nitrogens with zero attached hydrogens (tertiary/aromatic N) is 1. The monoisotopic (exact) mass is 219 g/mol. The molecule has 1 saturated heterocycles. The summed E-state index contributed by atoms with van der Waals surface area (Å²) in [5, 5.41) is 9.13. The molecule has 1 aromatic rings. The maximum absolute atomic E-state index is 9.13. The van der Waals surface area contributed by atoms with Crippen LogP contribution in [0.25, 0.3) is 0 Å². The van der Waals surface area contributed by atoms with E-state index in [2.05, 4.69) is 42.2 Å². The molecule has 2 nitrogen and oxygen atoms in total. The fourth-order valence-electron chi connectivity index (χ4n) is 2.50. The predicted molar refractivity (Wildman–Crippen MR) is 66.4 cm³/mol. The van der Waals surface area contributed by atoms with Crippen LogP contribution in [0.3, 0.4) is 0 Å². The largest absolute Gasteiger partial charge is 0.396 e. The van der Waals surface area contributed by atoms with Gasteiger partial charge in [0.25, 0.3) is 0 Å². The van der Waals surface area contributed by atoms with Crippen molar-refractivity contribution in [2.45, 2.75) is 25.8 Å². The van der Waals surface area contributed by atoms with Crippen LogP contribution in [0.15, 0.2) is 30.3 Å². The number of likely N-dealkylation sites (tertiary alicyclic amines) is 1. The van der Waals surface area contributed by atoms with Gasteiger partial charge in [0.05, 0.1) is 0 Å². The van der Waals surface area contributed by atoms with E-state index in [-0.39, 0.29) is 0 Å². The van der Waals surface area contributed by atoms with Gasteiger partial charge in [-0.2, -0.15) is 0 Å². The van der Waals surface area contributed by atoms with Gasteiger partial charge in [-0.15, -0.1) is 0 Å². The molecule has 16 heavy (non-hydrogen) atoms. The Morgan fingerprint density at radius 2 is 2.12 bits per heavy atom. The molecule has 0 radical (unpaired) electrons. The van der Waals surface area contributed by atoms with Crippen LogP contribution in [-0.4, -0.2) is 35.7 Å². The number of hydrogen-bond donors (Lipinski definition) is 1. The molecule has 1 aromatic carbocycles. The van der Waals surface area contributed by atoms with Crippen molar-refractivity contribution < 1.29 is 5.11 Å². The molecule has 1 N–H and O–H groups in total. The van der Waals surface area contributed by atoms with Crippen LogP contribution >= 0.6 is 0 Å². The number of aliphatic hydroxyl groups is 1. The van der Waals surface area contributed by atoms with Crippen LogP contribution in [0.4, 0.5) is 0 Å². The molecule has 0 bridgehead atoms. The standard InChI is InChI=1S/C14H21NO/c1-12(9-13-5-3-2-4-6-13)15-8-7-14(10-15)11-16/h2-6,12,14,16H,7-11H2,1H3. The number of benzene rings is 1. The minimum Gasteiger partial charge on any atom is -0.396 e. The summed E-state index contributed by atoms with van der Waals surface area (Å²) in [4.78, 5) is 2.49. The van der Waals surface area contributed by atoms with Crippen molar-refractivity contribution in [1.29, 1.82) is 0 Å². The summed E-state index contributed by atoms with van der Waals surface area (Å²) in [5.74, 6) is 0.498. The summed E-state index contributed by atoms with van der Waals surface area (Å²) < 4.78 is 0. The van der Waals surface area contributed by atoms with Crippen molar-refractivity contribution >= 4 is 0 Å². The van der Waals surface area contributed by atoms with Crippen LogP contribution in [0.5, 0.6) is 0 Å². The van der Waals surface area contributed by atoms with E-state index < -0.39 is 0 Å². The zero-order chi connectivity index (χ0) is 11.4. The fourth-order valence-corrected chi connectivity index (χ4v) is 2.50. The highest BCUT2D eigenvalue weighted by molar-refractivity contribution is 5.15. The average Bonchev–Trinajstić information content (AvgIpc) is 2.79. The lowest BCUT2D eigenvalue weighted by Gasteiger charge is -2.24. The van der Waals surface area contributed by atoms with Gasteiger partial charge < -0.3 is 5.11 Å². The molecule has 1 fully saturated rings. The van der Waals surface area contributed by atoms with Crippen molar-refractivity contribution in [2.75, 3.05) is 19.7 Å². The third-order valence-electron chi connectivity index (χ3n) is 3.57. The van der Waals surface area contributed by atoms with Crippen LogP contribution in [0.2, 0.25) is 0 Å². The van der Waals surface area contributed by atoms with Crippen LogP contribution in [0.1, 0.15) is 18.9 Å². The van der Waals surface area contributed by atoms with Gasteiger partial charge in [-0.1, -0.05) is 30.3 Å². The summed E-state index contributed by atoms with van der Waals surface area (Å²) in [7, 11) is 0. The zero-order valence-corrected chi connectivity index (χ0v) is 9.97. The molecular weight excluding hydrogens is 198 g/mol. The first-order valence-electron chi connectivity index (χ1n) is 6.18. The summed E-state index contributed by atoms with van der Waals surface area (Å²) in [5.41, 5.74) is 1.41. The van der Waals surface area contributed by atoms with Gasteiger partial charge in [0.15, 0.2) is 0 Å². The van der Waals surface area contributed by atoms with Gasteiger partial charge in [0.2, 0.25) is 0 Å². The normalized spacial score (nSPS) is 23.5. The van der Waals surface area contributed by atoms with Crippen molar-refractivity contribution in [3.63, 3.8) is 0 Å². The maximum atomic E-state index is 9.13. The summed E-state index contributed by atoms with van der Waals surface area (Å²) in [6.07, 6.45) is 2.26. The summed E-state index contributed by atoms with van der Waals surface area (Å²) >= 11 is 0. The molecule has 0 aromatic heterocycles. The third kappa shape index (κ3) is 2.83. The Morgan fingerprint density at radius 3 is 2.75 bits per heavy atom. The summed E-state index contributed by atoms with van der Waals surface area (Å²) in [6.45, 7) is 4.82. The second-order valence-electron chi connectivity index (χ2n) is 4.87. The van der Waals surface area contributed by atoms with Gasteiger partial charge in [-0.25, -0.2) is 0 Å². The molecule has 2 atom stereocenters. The summed E-state index contributed by atoms with van der Waals surface area (Å²) in [6, 6.07) is 11.2. The topological polar surface area (TPSA) is 23.5 Å². The molecule has 0 amide bonds. The molecular formula is C14H21NO. The molecule has 1 aliphatic heterocycles. The SMILES string of the molecule is CC(Cc1ccccc1)N1CCC(CO)C1. The quantitative estimate of drug-likeness (QED) is 0.836. The first-order chi connectivity index (χ1) is 7.79. The highest BCUT2D eigenvalue weighted by atomic mass is 16.3. The highest BCUT2D eigenvalue weighted by Crippen LogP contribution is 2.19. The van der Waals surface area contributed by atoms with Crippen molar-refractivity contribution in [3.8, 4) is 0 Å². The van der Waals surface area contributed by atoms with Crippen molar-refractivity contribution in [1.82, 2.24) is 4.90 Å². The fraction of sp³-hybridized carbons (Fsp3) is 0.571. The molecule has 2 heteroatoms. The van der Waals surface area contributed by atoms with E-state index in [1.165, 1.54) is 5.56 Å². The van der Waals surface area contributed by atoms with E-state index in [4.69, 9.17) is 5.11 Å². The van der Waals surface area contributed by atoms with E-state index in [0.29, 0.717) is 18.6 Å². The minimum atomic E-state index is 0.342. The van der Waals surface area contributed by atoms with Crippen molar-refractivity contribution in [2.24, 2.45) is 5.92 Å². The molecule has 0 spiro atoms. The smallest absolute Gasteiger partial charge is 0.0471 e. The van der Waals surface area contributed by atoms with Gasteiger partial charge in [0.1, 0.15) is 0 Å². The van der Waals surface area contributed by atoms with Crippen LogP contribution < -0.4 is 0 Å².